The Morgan fingerprint density at radius 2 is 1.76 bits per heavy atom. The van der Waals surface area contributed by atoms with E-state index in [4.69, 9.17) is 4.74 Å². The first-order valence-corrected chi connectivity index (χ1v) is 8.69. The minimum absolute atomic E-state index is 0.126. The van der Waals surface area contributed by atoms with Gasteiger partial charge in [-0.15, -0.1) is 0 Å². The van der Waals surface area contributed by atoms with Crippen LogP contribution in [0.2, 0.25) is 0 Å². The summed E-state index contributed by atoms with van der Waals surface area (Å²) in [5.41, 5.74) is 0.781. The van der Waals surface area contributed by atoms with Gasteiger partial charge < -0.3 is 4.74 Å². The maximum Gasteiger partial charge on any atom is 0.193 e. The number of carbonyl (C=O) groups excluding carboxylic acids is 1. The summed E-state index contributed by atoms with van der Waals surface area (Å²) in [6.07, 6.45) is 1.11. The van der Waals surface area contributed by atoms with Crippen LogP contribution in [0, 0.1) is 0 Å². The molecule has 2 aromatic rings. The first-order chi connectivity index (χ1) is 9.82. The summed E-state index contributed by atoms with van der Waals surface area (Å²) in [6, 6.07) is 11.0. The molecule has 0 aliphatic rings. The first-order valence-electron chi connectivity index (χ1n) is 6.01. The van der Waals surface area contributed by atoms with Gasteiger partial charge in [0.25, 0.3) is 0 Å². The van der Waals surface area contributed by atoms with Crippen molar-refractivity contribution in [1.29, 1.82) is 0 Å². The fraction of sp³-hybridized carbons (Fsp3) is 0.133. The number of ether oxygens (including phenoxy) is 1. The van der Waals surface area contributed by atoms with Gasteiger partial charge in [0.2, 0.25) is 0 Å². The zero-order chi connectivity index (χ0) is 15.6. The minimum atomic E-state index is -3.34. The summed E-state index contributed by atoms with van der Waals surface area (Å²) in [5, 5.41) is 0. The number of carbonyl (C=O) groups is 1. The Balaban J connectivity index is 2.43. The van der Waals surface area contributed by atoms with Gasteiger partial charge in [0.15, 0.2) is 15.6 Å². The van der Waals surface area contributed by atoms with Crippen LogP contribution in [0.15, 0.2) is 51.8 Å². The largest absolute Gasteiger partial charge is 0.496 e. The zero-order valence-corrected chi connectivity index (χ0v) is 13.9. The number of rotatable bonds is 4. The topological polar surface area (TPSA) is 60.4 Å². The second kappa shape index (κ2) is 5.99. The number of hydrogen-bond acceptors (Lipinski definition) is 4. The van der Waals surface area contributed by atoms with Crippen molar-refractivity contribution in [3.63, 3.8) is 0 Å². The van der Waals surface area contributed by atoms with Crippen LogP contribution in [0.5, 0.6) is 5.75 Å². The molecule has 110 valence electrons. The molecule has 4 nitrogen and oxygen atoms in total. The molecule has 0 atom stereocenters. The van der Waals surface area contributed by atoms with Crippen molar-refractivity contribution in [1.82, 2.24) is 0 Å². The molecular weight excluding hydrogens is 356 g/mol. The first kappa shape index (κ1) is 15.7. The van der Waals surface area contributed by atoms with Gasteiger partial charge in [0.1, 0.15) is 5.75 Å². The van der Waals surface area contributed by atoms with Gasteiger partial charge in [0, 0.05) is 17.4 Å². The van der Waals surface area contributed by atoms with Crippen molar-refractivity contribution >= 4 is 31.6 Å². The molecule has 2 rings (SSSR count). The molecule has 0 unspecified atom stereocenters. The maximum absolute atomic E-state index is 12.4. The number of methoxy groups -OCH3 is 1. The molecule has 0 heterocycles. The Bertz CT molecular complexity index is 797. The molecular formula is C15H13BrO4S. The Morgan fingerprint density at radius 1 is 1.10 bits per heavy atom. The molecule has 2 aromatic carbocycles. The molecule has 0 aliphatic carbocycles. The van der Waals surface area contributed by atoms with Crippen LogP contribution in [0.25, 0.3) is 0 Å². The van der Waals surface area contributed by atoms with Crippen LogP contribution in [-0.2, 0) is 9.84 Å². The fourth-order valence-electron chi connectivity index (χ4n) is 1.84. The molecule has 0 spiro atoms. The van der Waals surface area contributed by atoms with Crippen LogP contribution in [0.4, 0.5) is 0 Å². The van der Waals surface area contributed by atoms with Gasteiger partial charge in [0.05, 0.1) is 16.5 Å². The lowest BCUT2D eigenvalue weighted by molar-refractivity contribution is 0.103. The van der Waals surface area contributed by atoms with Crippen LogP contribution >= 0.6 is 15.9 Å². The average molecular weight is 369 g/mol. The molecule has 0 radical (unpaired) electrons. The quantitative estimate of drug-likeness (QED) is 0.778. The molecule has 0 saturated heterocycles. The predicted octanol–water partition coefficient (Wildman–Crippen LogP) is 3.09. The van der Waals surface area contributed by atoms with Crippen LogP contribution in [0.3, 0.4) is 0 Å². The molecule has 0 bridgehead atoms. The van der Waals surface area contributed by atoms with E-state index in [0.29, 0.717) is 21.3 Å². The van der Waals surface area contributed by atoms with E-state index in [9.17, 15) is 13.2 Å². The lowest BCUT2D eigenvalue weighted by Gasteiger charge is -2.07. The second-order valence-electron chi connectivity index (χ2n) is 4.48. The highest BCUT2D eigenvalue weighted by molar-refractivity contribution is 9.10. The smallest absolute Gasteiger partial charge is 0.193 e. The minimum Gasteiger partial charge on any atom is -0.496 e. The third-order valence-corrected chi connectivity index (χ3v) is 4.67. The van der Waals surface area contributed by atoms with E-state index in [-0.39, 0.29) is 10.7 Å². The summed E-state index contributed by atoms with van der Waals surface area (Å²) in [7, 11) is -1.80. The lowest BCUT2D eigenvalue weighted by Crippen LogP contribution is -2.04. The van der Waals surface area contributed by atoms with Crippen molar-refractivity contribution in [3.8, 4) is 5.75 Å². The predicted molar refractivity (Wildman–Crippen MR) is 83.7 cm³/mol. The van der Waals surface area contributed by atoms with Crippen molar-refractivity contribution < 1.29 is 17.9 Å². The van der Waals surface area contributed by atoms with Gasteiger partial charge in [-0.1, -0.05) is 12.1 Å². The number of ketones is 1. The summed E-state index contributed by atoms with van der Waals surface area (Å²) in [5.74, 6) is 0.375. The highest BCUT2D eigenvalue weighted by Crippen LogP contribution is 2.26. The van der Waals surface area contributed by atoms with Crippen LogP contribution in [0.1, 0.15) is 15.9 Å². The highest BCUT2D eigenvalue weighted by Gasteiger charge is 2.14. The normalized spacial score (nSPS) is 11.2. The maximum atomic E-state index is 12.4. The van der Waals surface area contributed by atoms with Crippen LogP contribution in [-0.4, -0.2) is 27.6 Å². The van der Waals surface area contributed by atoms with Gasteiger partial charge in [-0.25, -0.2) is 8.42 Å². The van der Waals surface area contributed by atoms with E-state index in [0.717, 1.165) is 6.26 Å². The Labute approximate surface area is 131 Å². The fourth-order valence-corrected chi connectivity index (χ4v) is 3.05. The van der Waals surface area contributed by atoms with E-state index in [1.54, 1.807) is 30.3 Å². The Kier molecular flexibility index (Phi) is 4.49. The van der Waals surface area contributed by atoms with Gasteiger partial charge >= 0.3 is 0 Å². The van der Waals surface area contributed by atoms with Crippen molar-refractivity contribution in [2.75, 3.05) is 13.4 Å². The molecule has 0 amide bonds. The summed E-state index contributed by atoms with van der Waals surface area (Å²) >= 11 is 3.32. The van der Waals surface area contributed by atoms with E-state index < -0.39 is 9.84 Å². The van der Waals surface area contributed by atoms with Gasteiger partial charge in [-0.05, 0) is 46.3 Å². The van der Waals surface area contributed by atoms with Crippen molar-refractivity contribution in [2.24, 2.45) is 0 Å². The van der Waals surface area contributed by atoms with Crippen LogP contribution < -0.4 is 4.74 Å². The third kappa shape index (κ3) is 3.51. The summed E-state index contributed by atoms with van der Waals surface area (Å²) in [6.45, 7) is 0. The molecule has 6 heteroatoms. The van der Waals surface area contributed by atoms with E-state index in [1.165, 1.54) is 19.2 Å². The van der Waals surface area contributed by atoms with Gasteiger partial charge in [-0.2, -0.15) is 0 Å². The molecule has 0 aromatic heterocycles. The number of benzene rings is 2. The zero-order valence-electron chi connectivity index (χ0n) is 11.5. The number of hydrogen-bond donors (Lipinski definition) is 0. The standard InChI is InChI=1S/C15H13BrO4S/c1-20-14-7-6-11(9-13(14)16)15(17)10-4-3-5-12(8-10)21(2,18)19/h3-9H,1-2H3. The number of sulfone groups is 1. The average Bonchev–Trinajstić information content (AvgIpc) is 2.45. The summed E-state index contributed by atoms with van der Waals surface area (Å²) in [4.78, 5) is 12.5. The van der Waals surface area contributed by atoms with E-state index in [1.807, 2.05) is 0 Å². The van der Waals surface area contributed by atoms with Crippen molar-refractivity contribution in [3.05, 3.63) is 58.1 Å². The SMILES string of the molecule is COc1ccc(C(=O)c2cccc(S(C)(=O)=O)c2)cc1Br. The number of halogens is 1. The molecule has 0 aliphatic heterocycles. The molecule has 0 saturated carbocycles. The molecule has 0 fully saturated rings. The van der Waals surface area contributed by atoms with E-state index >= 15 is 0 Å². The molecule has 0 N–H and O–H groups in total. The Hall–Kier alpha value is -1.66. The van der Waals surface area contributed by atoms with Crippen molar-refractivity contribution in [2.45, 2.75) is 4.90 Å². The second-order valence-corrected chi connectivity index (χ2v) is 7.35. The monoisotopic (exact) mass is 368 g/mol. The van der Waals surface area contributed by atoms with Gasteiger partial charge in [-0.3, -0.25) is 4.79 Å². The Morgan fingerprint density at radius 3 is 2.33 bits per heavy atom. The third-order valence-electron chi connectivity index (χ3n) is 2.94. The summed E-state index contributed by atoms with van der Waals surface area (Å²) < 4.78 is 28.9. The molecule has 21 heavy (non-hydrogen) atoms. The lowest BCUT2D eigenvalue weighted by atomic mass is 10.0. The highest BCUT2D eigenvalue weighted by atomic mass is 79.9. The van der Waals surface area contributed by atoms with E-state index in [2.05, 4.69) is 15.9 Å².